The lowest BCUT2D eigenvalue weighted by Gasteiger charge is -2.31. The van der Waals surface area contributed by atoms with Crippen molar-refractivity contribution < 1.29 is 9.69 Å². The summed E-state index contributed by atoms with van der Waals surface area (Å²) in [6.45, 7) is 9.44. The highest BCUT2D eigenvalue weighted by atomic mass is 79.9. The van der Waals surface area contributed by atoms with Crippen LogP contribution in [0.25, 0.3) is 0 Å². The molecule has 1 aliphatic heterocycles. The van der Waals surface area contributed by atoms with E-state index in [-0.39, 0.29) is 11.9 Å². The summed E-state index contributed by atoms with van der Waals surface area (Å²) in [7, 11) is 0. The van der Waals surface area contributed by atoms with E-state index < -0.39 is 0 Å². The van der Waals surface area contributed by atoms with Crippen molar-refractivity contribution >= 4 is 21.8 Å². The quantitative estimate of drug-likeness (QED) is 0.854. The van der Waals surface area contributed by atoms with Crippen LogP contribution in [0.2, 0.25) is 0 Å². The van der Waals surface area contributed by atoms with Crippen LogP contribution in [0, 0.1) is 11.8 Å². The fourth-order valence-electron chi connectivity index (χ4n) is 3.42. The third-order valence-electron chi connectivity index (χ3n) is 4.24. The third-order valence-corrected chi connectivity index (χ3v) is 4.77. The van der Waals surface area contributed by atoms with Crippen molar-refractivity contribution in [1.82, 2.24) is 5.32 Å². The van der Waals surface area contributed by atoms with Gasteiger partial charge in [-0.15, -0.1) is 0 Å². The highest BCUT2D eigenvalue weighted by Crippen LogP contribution is 2.16. The van der Waals surface area contributed by atoms with Crippen LogP contribution in [0.15, 0.2) is 28.7 Å². The number of hydrogen-bond acceptors (Lipinski definition) is 1. The Kier molecular flexibility index (Phi) is 5.82. The third kappa shape index (κ3) is 5.11. The molecule has 3 nitrogen and oxygen atoms in total. The fraction of sp³-hybridized carbons (Fsp3) is 0.588. The zero-order valence-corrected chi connectivity index (χ0v) is 14.7. The molecule has 1 heterocycles. The molecule has 2 N–H and O–H groups in total. The Morgan fingerprint density at radius 1 is 1.29 bits per heavy atom. The number of likely N-dealkylation sites (tertiary alicyclic amines) is 1. The van der Waals surface area contributed by atoms with Gasteiger partial charge < -0.3 is 10.2 Å². The average molecular weight is 354 g/mol. The van der Waals surface area contributed by atoms with E-state index in [9.17, 15) is 4.79 Å². The van der Waals surface area contributed by atoms with Crippen molar-refractivity contribution in [2.24, 2.45) is 11.8 Å². The van der Waals surface area contributed by atoms with Crippen LogP contribution in [0.3, 0.4) is 0 Å². The van der Waals surface area contributed by atoms with Gasteiger partial charge in [-0.05, 0) is 31.0 Å². The van der Waals surface area contributed by atoms with Gasteiger partial charge in [-0.1, -0.05) is 41.9 Å². The number of halogens is 1. The van der Waals surface area contributed by atoms with E-state index in [4.69, 9.17) is 0 Å². The first-order valence-electron chi connectivity index (χ1n) is 7.82. The molecule has 1 aromatic carbocycles. The number of rotatable bonds is 4. The lowest BCUT2D eigenvalue weighted by Crippen LogP contribution is -3.15. The molecular weight excluding hydrogens is 328 g/mol. The minimum absolute atomic E-state index is 0.0598. The second-order valence-corrected chi connectivity index (χ2v) is 7.54. The Labute approximate surface area is 136 Å². The highest BCUT2D eigenvalue weighted by Gasteiger charge is 2.27. The van der Waals surface area contributed by atoms with Gasteiger partial charge in [-0.2, -0.15) is 0 Å². The molecule has 1 fully saturated rings. The molecule has 0 bridgehead atoms. The van der Waals surface area contributed by atoms with Crippen molar-refractivity contribution in [1.29, 1.82) is 0 Å². The molecule has 0 aliphatic carbocycles. The van der Waals surface area contributed by atoms with Crippen molar-refractivity contribution in [2.75, 3.05) is 19.6 Å². The molecule has 116 valence electrons. The van der Waals surface area contributed by atoms with Crippen LogP contribution in [0.1, 0.15) is 38.8 Å². The van der Waals surface area contributed by atoms with Gasteiger partial charge in [0.1, 0.15) is 0 Å². The van der Waals surface area contributed by atoms with Crippen molar-refractivity contribution in [3.8, 4) is 0 Å². The molecule has 3 atom stereocenters. The van der Waals surface area contributed by atoms with E-state index in [2.05, 4.69) is 35.1 Å². The maximum absolute atomic E-state index is 12.2. The number of carbonyl (C=O) groups excluding carboxylic acids is 1. The summed E-state index contributed by atoms with van der Waals surface area (Å²) in [5, 5.41) is 3.12. The van der Waals surface area contributed by atoms with Crippen LogP contribution in [-0.4, -0.2) is 25.5 Å². The molecule has 0 aromatic heterocycles. The number of piperidine rings is 1. The standard InChI is InChI=1S/C17H25BrN2O/c1-12-8-13(2)10-20(9-12)11-17(21)19-14(3)15-4-6-16(18)7-5-15/h4-7,12-14H,8-11H2,1-3H3,(H,19,21)/p+1/t12-,13-,14+/m1/s1. The minimum Gasteiger partial charge on any atom is -0.345 e. The Bertz CT molecular complexity index is 464. The predicted molar refractivity (Wildman–Crippen MR) is 89.2 cm³/mol. The van der Waals surface area contributed by atoms with Crippen molar-refractivity contribution in [3.05, 3.63) is 34.3 Å². The predicted octanol–water partition coefficient (Wildman–Crippen LogP) is 2.19. The average Bonchev–Trinajstić information content (AvgIpc) is 2.37. The molecule has 1 aromatic rings. The summed E-state index contributed by atoms with van der Waals surface area (Å²) in [4.78, 5) is 13.7. The second kappa shape index (κ2) is 7.41. The first-order valence-corrected chi connectivity index (χ1v) is 8.61. The van der Waals surface area contributed by atoms with Gasteiger partial charge >= 0.3 is 0 Å². The van der Waals surface area contributed by atoms with Gasteiger partial charge in [0.15, 0.2) is 6.54 Å². The molecule has 2 rings (SSSR count). The first kappa shape index (κ1) is 16.5. The number of amides is 1. The zero-order valence-electron chi connectivity index (χ0n) is 13.2. The zero-order chi connectivity index (χ0) is 15.4. The van der Waals surface area contributed by atoms with Gasteiger partial charge in [0.25, 0.3) is 5.91 Å². The van der Waals surface area contributed by atoms with E-state index in [1.165, 1.54) is 11.3 Å². The lowest BCUT2D eigenvalue weighted by molar-refractivity contribution is -0.904. The van der Waals surface area contributed by atoms with Gasteiger partial charge in [0, 0.05) is 16.3 Å². The molecule has 1 saturated heterocycles. The smallest absolute Gasteiger partial charge is 0.275 e. The number of nitrogens with one attached hydrogen (secondary N) is 2. The maximum Gasteiger partial charge on any atom is 0.275 e. The van der Waals surface area contributed by atoms with E-state index >= 15 is 0 Å². The summed E-state index contributed by atoms with van der Waals surface area (Å²) in [6.07, 6.45) is 1.29. The van der Waals surface area contributed by atoms with Crippen molar-refractivity contribution in [3.63, 3.8) is 0 Å². The number of benzene rings is 1. The summed E-state index contributed by atoms with van der Waals surface area (Å²) >= 11 is 3.43. The summed E-state index contributed by atoms with van der Waals surface area (Å²) < 4.78 is 1.06. The largest absolute Gasteiger partial charge is 0.345 e. The van der Waals surface area contributed by atoms with Crippen LogP contribution in [0.4, 0.5) is 0 Å². The number of quaternary nitrogens is 1. The van der Waals surface area contributed by atoms with Crippen LogP contribution >= 0.6 is 15.9 Å². The molecule has 4 heteroatoms. The molecule has 0 saturated carbocycles. The molecule has 1 amide bonds. The Morgan fingerprint density at radius 2 is 1.86 bits per heavy atom. The highest BCUT2D eigenvalue weighted by molar-refractivity contribution is 9.10. The minimum atomic E-state index is 0.0598. The second-order valence-electron chi connectivity index (χ2n) is 6.62. The molecular formula is C17H26BrN2O+. The van der Waals surface area contributed by atoms with Gasteiger partial charge in [0.05, 0.1) is 19.1 Å². The normalized spacial score (nSPS) is 27.1. The van der Waals surface area contributed by atoms with Gasteiger partial charge in [-0.3, -0.25) is 4.79 Å². The van der Waals surface area contributed by atoms with E-state index in [0.29, 0.717) is 6.54 Å². The molecule has 0 unspecified atom stereocenters. The van der Waals surface area contributed by atoms with Crippen LogP contribution < -0.4 is 10.2 Å². The fourth-order valence-corrected chi connectivity index (χ4v) is 3.69. The lowest BCUT2D eigenvalue weighted by atomic mass is 9.92. The van der Waals surface area contributed by atoms with E-state index in [0.717, 1.165) is 35.0 Å². The number of carbonyl (C=O) groups is 1. The molecule has 0 spiro atoms. The van der Waals surface area contributed by atoms with Gasteiger partial charge in [0.2, 0.25) is 0 Å². The summed E-state index contributed by atoms with van der Waals surface area (Å²) in [6, 6.07) is 8.18. The topological polar surface area (TPSA) is 33.5 Å². The SMILES string of the molecule is C[C@@H]1C[C@@H](C)C[NH+](CC(=O)N[C@@H](C)c2ccc(Br)cc2)C1. The van der Waals surface area contributed by atoms with E-state index in [1.54, 1.807) is 0 Å². The summed E-state index contributed by atoms with van der Waals surface area (Å²) in [5.74, 6) is 1.60. The van der Waals surface area contributed by atoms with Crippen molar-refractivity contribution in [2.45, 2.75) is 33.2 Å². The molecule has 21 heavy (non-hydrogen) atoms. The number of hydrogen-bond donors (Lipinski definition) is 2. The monoisotopic (exact) mass is 353 g/mol. The Morgan fingerprint density at radius 3 is 2.43 bits per heavy atom. The maximum atomic E-state index is 12.2. The Balaban J connectivity index is 1.85. The van der Waals surface area contributed by atoms with E-state index in [1.807, 2.05) is 31.2 Å². The molecule has 0 radical (unpaired) electrons. The van der Waals surface area contributed by atoms with Gasteiger partial charge in [-0.25, -0.2) is 0 Å². The van der Waals surface area contributed by atoms with Crippen LogP contribution in [0.5, 0.6) is 0 Å². The molecule has 1 aliphatic rings. The van der Waals surface area contributed by atoms with Crippen LogP contribution in [-0.2, 0) is 4.79 Å². The summed E-state index contributed by atoms with van der Waals surface area (Å²) in [5.41, 5.74) is 1.14. The Hall–Kier alpha value is -0.870. The first-order chi connectivity index (χ1) is 9.94.